The second-order valence-electron chi connectivity index (χ2n) is 8.63. The molecule has 0 heterocycles. The Morgan fingerprint density at radius 3 is 2.37 bits per heavy atom. The lowest BCUT2D eigenvalue weighted by Crippen LogP contribution is -2.49. The number of rotatable bonds is 12. The van der Waals surface area contributed by atoms with Crippen molar-refractivity contribution in [3.63, 3.8) is 0 Å². The van der Waals surface area contributed by atoms with E-state index in [9.17, 15) is 18.0 Å². The van der Waals surface area contributed by atoms with Crippen LogP contribution in [0.2, 0.25) is 0 Å². The Bertz CT molecular complexity index is 1120. The SMILES string of the molecule is COc1cccc(N(CCCC(=O)N(Cc2cccc(Br)c2)[C@@H](C)C(=O)NC(C)C)S(C)(=O)=O)c1. The first-order valence-corrected chi connectivity index (χ1v) is 14.0. The normalized spacial score (nSPS) is 12.2. The van der Waals surface area contributed by atoms with Crippen LogP contribution in [0.5, 0.6) is 5.75 Å². The zero-order valence-corrected chi connectivity index (χ0v) is 23.2. The molecule has 2 aromatic carbocycles. The molecule has 2 aromatic rings. The highest BCUT2D eigenvalue weighted by Crippen LogP contribution is 2.24. The van der Waals surface area contributed by atoms with Gasteiger partial charge in [0.2, 0.25) is 21.8 Å². The molecule has 0 unspecified atom stereocenters. The number of nitrogens with zero attached hydrogens (tertiary/aromatic N) is 2. The minimum atomic E-state index is -3.57. The topological polar surface area (TPSA) is 96.0 Å². The largest absolute Gasteiger partial charge is 0.497 e. The Labute approximate surface area is 216 Å². The van der Waals surface area contributed by atoms with Crippen LogP contribution in [-0.4, -0.2) is 57.1 Å². The van der Waals surface area contributed by atoms with Crippen molar-refractivity contribution in [1.29, 1.82) is 0 Å². The van der Waals surface area contributed by atoms with Gasteiger partial charge in [0.25, 0.3) is 0 Å². The number of nitrogens with one attached hydrogen (secondary N) is 1. The van der Waals surface area contributed by atoms with E-state index in [-0.39, 0.29) is 43.8 Å². The van der Waals surface area contributed by atoms with Crippen LogP contribution in [0.25, 0.3) is 0 Å². The summed E-state index contributed by atoms with van der Waals surface area (Å²) in [4.78, 5) is 27.5. The summed E-state index contributed by atoms with van der Waals surface area (Å²) < 4.78 is 32.2. The summed E-state index contributed by atoms with van der Waals surface area (Å²) in [6.45, 7) is 5.81. The molecule has 2 amide bonds. The quantitative estimate of drug-likeness (QED) is 0.419. The standard InChI is InChI=1S/C25H34BrN3O5S/c1-18(2)27-25(31)19(3)28(17-20-9-6-10-21(26)15-20)24(30)13-8-14-29(35(5,32)33)22-11-7-12-23(16-22)34-4/h6-7,9-12,15-16,18-19H,8,13-14,17H2,1-5H3,(H,27,31)/t19-/m0/s1. The predicted molar refractivity (Wildman–Crippen MR) is 142 cm³/mol. The highest BCUT2D eigenvalue weighted by Gasteiger charge is 2.27. The van der Waals surface area contributed by atoms with Crippen LogP contribution in [0.3, 0.4) is 0 Å². The van der Waals surface area contributed by atoms with Crippen molar-refractivity contribution in [2.24, 2.45) is 0 Å². The molecule has 0 fully saturated rings. The summed E-state index contributed by atoms with van der Waals surface area (Å²) in [5.74, 6) is 0.0744. The van der Waals surface area contributed by atoms with Crippen molar-refractivity contribution in [2.45, 2.75) is 52.2 Å². The van der Waals surface area contributed by atoms with Gasteiger partial charge in [0.1, 0.15) is 11.8 Å². The Balaban J connectivity index is 2.18. The molecule has 0 aromatic heterocycles. The highest BCUT2D eigenvalue weighted by molar-refractivity contribution is 9.10. The molecule has 0 radical (unpaired) electrons. The minimum absolute atomic E-state index is 0.0565. The van der Waals surface area contributed by atoms with Crippen LogP contribution < -0.4 is 14.4 Å². The smallest absolute Gasteiger partial charge is 0.242 e. The third-order valence-electron chi connectivity index (χ3n) is 5.33. The van der Waals surface area contributed by atoms with Gasteiger partial charge >= 0.3 is 0 Å². The van der Waals surface area contributed by atoms with Gasteiger partial charge in [-0.1, -0.05) is 34.1 Å². The van der Waals surface area contributed by atoms with Crippen LogP contribution >= 0.6 is 15.9 Å². The molecule has 10 heteroatoms. The number of benzene rings is 2. The molecule has 0 bridgehead atoms. The van der Waals surface area contributed by atoms with Crippen LogP contribution in [-0.2, 0) is 26.2 Å². The number of amides is 2. The molecule has 0 saturated heterocycles. The first kappa shape index (κ1) is 28.6. The monoisotopic (exact) mass is 567 g/mol. The van der Waals surface area contributed by atoms with Crippen molar-refractivity contribution in [2.75, 3.05) is 24.2 Å². The van der Waals surface area contributed by atoms with Gasteiger partial charge in [-0.3, -0.25) is 13.9 Å². The third kappa shape index (κ3) is 8.85. The second kappa shape index (κ2) is 12.9. The van der Waals surface area contributed by atoms with E-state index in [0.717, 1.165) is 16.3 Å². The number of methoxy groups -OCH3 is 1. The second-order valence-corrected chi connectivity index (χ2v) is 11.5. The van der Waals surface area contributed by atoms with E-state index in [0.29, 0.717) is 11.4 Å². The zero-order chi connectivity index (χ0) is 26.2. The Morgan fingerprint density at radius 2 is 1.77 bits per heavy atom. The molecule has 0 aliphatic rings. The molecule has 35 heavy (non-hydrogen) atoms. The van der Waals surface area contributed by atoms with Crippen LogP contribution in [0.15, 0.2) is 53.0 Å². The molecule has 0 spiro atoms. The number of ether oxygens (including phenoxy) is 1. The molecule has 0 aliphatic heterocycles. The van der Waals surface area contributed by atoms with Crippen molar-refractivity contribution in [1.82, 2.24) is 10.2 Å². The Kier molecular flexibility index (Phi) is 10.6. The molecule has 192 valence electrons. The fourth-order valence-corrected chi connectivity index (χ4v) is 4.99. The van der Waals surface area contributed by atoms with Gasteiger partial charge in [-0.15, -0.1) is 0 Å². The number of hydrogen-bond acceptors (Lipinski definition) is 5. The van der Waals surface area contributed by atoms with E-state index in [1.54, 1.807) is 31.2 Å². The maximum Gasteiger partial charge on any atom is 0.242 e. The Hall–Kier alpha value is -2.59. The lowest BCUT2D eigenvalue weighted by Gasteiger charge is -2.30. The first-order valence-electron chi connectivity index (χ1n) is 11.4. The number of carbonyl (C=O) groups excluding carboxylic acids is 2. The third-order valence-corrected chi connectivity index (χ3v) is 7.02. The van der Waals surface area contributed by atoms with Crippen molar-refractivity contribution in [3.8, 4) is 5.75 Å². The number of halogens is 1. The molecule has 1 atom stereocenters. The summed E-state index contributed by atoms with van der Waals surface area (Å²) >= 11 is 3.44. The van der Waals surface area contributed by atoms with E-state index >= 15 is 0 Å². The van der Waals surface area contributed by atoms with E-state index in [1.807, 2.05) is 38.1 Å². The fourth-order valence-electron chi connectivity index (χ4n) is 3.59. The molecular weight excluding hydrogens is 534 g/mol. The van der Waals surface area contributed by atoms with Crippen molar-refractivity contribution in [3.05, 3.63) is 58.6 Å². The maximum atomic E-state index is 13.3. The number of hydrogen-bond donors (Lipinski definition) is 1. The molecule has 2 rings (SSSR count). The summed E-state index contributed by atoms with van der Waals surface area (Å²) in [7, 11) is -2.06. The van der Waals surface area contributed by atoms with E-state index in [2.05, 4.69) is 21.2 Å². The summed E-state index contributed by atoms with van der Waals surface area (Å²) in [6.07, 6.45) is 1.51. The van der Waals surface area contributed by atoms with E-state index < -0.39 is 16.1 Å². The van der Waals surface area contributed by atoms with Gasteiger partial charge < -0.3 is 15.0 Å². The number of anilines is 1. The number of sulfonamides is 1. The summed E-state index contributed by atoms with van der Waals surface area (Å²) in [5.41, 5.74) is 1.35. The predicted octanol–water partition coefficient (Wildman–Crippen LogP) is 3.95. The van der Waals surface area contributed by atoms with Crippen LogP contribution in [0.1, 0.15) is 39.2 Å². The average Bonchev–Trinajstić information content (AvgIpc) is 2.78. The first-order chi connectivity index (χ1) is 16.4. The lowest BCUT2D eigenvalue weighted by molar-refractivity contribution is -0.140. The van der Waals surface area contributed by atoms with Crippen molar-refractivity contribution < 1.29 is 22.7 Å². The Morgan fingerprint density at radius 1 is 1.09 bits per heavy atom. The molecule has 0 aliphatic carbocycles. The average molecular weight is 569 g/mol. The summed E-state index contributed by atoms with van der Waals surface area (Å²) in [6, 6.07) is 13.6. The summed E-state index contributed by atoms with van der Waals surface area (Å²) in [5, 5.41) is 2.86. The van der Waals surface area contributed by atoms with Gasteiger partial charge in [0, 0.05) is 36.1 Å². The van der Waals surface area contributed by atoms with Gasteiger partial charge in [0.15, 0.2) is 0 Å². The molecular formula is C25H34BrN3O5S. The minimum Gasteiger partial charge on any atom is -0.497 e. The van der Waals surface area contributed by atoms with Crippen LogP contribution in [0, 0.1) is 0 Å². The van der Waals surface area contributed by atoms with Crippen LogP contribution in [0.4, 0.5) is 5.69 Å². The molecule has 8 nitrogen and oxygen atoms in total. The van der Waals surface area contributed by atoms with E-state index in [4.69, 9.17) is 4.74 Å². The zero-order valence-electron chi connectivity index (χ0n) is 20.8. The fraction of sp³-hybridized carbons (Fsp3) is 0.440. The highest BCUT2D eigenvalue weighted by atomic mass is 79.9. The molecule has 0 saturated carbocycles. The van der Waals surface area contributed by atoms with Gasteiger partial charge in [-0.05, 0) is 57.0 Å². The molecule has 1 N–H and O–H groups in total. The van der Waals surface area contributed by atoms with Crippen molar-refractivity contribution >= 4 is 43.5 Å². The van der Waals surface area contributed by atoms with Gasteiger partial charge in [-0.2, -0.15) is 0 Å². The lowest BCUT2D eigenvalue weighted by atomic mass is 10.1. The van der Waals surface area contributed by atoms with Gasteiger partial charge in [0.05, 0.1) is 19.1 Å². The maximum absolute atomic E-state index is 13.3. The number of carbonyl (C=O) groups is 2. The van der Waals surface area contributed by atoms with Gasteiger partial charge in [-0.25, -0.2) is 8.42 Å². The van der Waals surface area contributed by atoms with E-state index in [1.165, 1.54) is 16.3 Å².